The van der Waals surface area contributed by atoms with Gasteiger partial charge in [-0.2, -0.15) is 18.3 Å². The molecule has 0 spiro atoms. The topological polar surface area (TPSA) is 70.6 Å². The van der Waals surface area contributed by atoms with Crippen molar-refractivity contribution in [3.8, 4) is 0 Å². The highest BCUT2D eigenvalue weighted by atomic mass is 32.1. The van der Waals surface area contributed by atoms with Crippen LogP contribution in [0.25, 0.3) is 0 Å². The van der Waals surface area contributed by atoms with E-state index >= 15 is 0 Å². The summed E-state index contributed by atoms with van der Waals surface area (Å²) >= 11 is 1.40. The molecule has 0 aliphatic carbocycles. The Morgan fingerprint density at radius 2 is 1.78 bits per heavy atom. The number of amides is 2. The standard InChI is InChI=1S/C14H10F3N3O2S/c15-14(16,17)9-3-5-10(6-4-9)19-12(21)13(22)20-18-8-11-2-1-7-23-11/h1-8H,(H,19,21)(H,20,22)/b18-8+. The molecular weight excluding hydrogens is 331 g/mol. The van der Waals surface area contributed by atoms with Gasteiger partial charge in [-0.3, -0.25) is 9.59 Å². The zero-order valence-electron chi connectivity index (χ0n) is 11.4. The van der Waals surface area contributed by atoms with Crippen molar-refractivity contribution in [1.29, 1.82) is 0 Å². The van der Waals surface area contributed by atoms with E-state index in [9.17, 15) is 22.8 Å². The Kier molecular flexibility index (Phi) is 5.12. The summed E-state index contributed by atoms with van der Waals surface area (Å²) in [4.78, 5) is 23.8. The minimum atomic E-state index is -4.46. The second-order valence-electron chi connectivity index (χ2n) is 4.24. The summed E-state index contributed by atoms with van der Waals surface area (Å²) in [5.41, 5.74) is 1.24. The van der Waals surface area contributed by atoms with Gasteiger partial charge >= 0.3 is 18.0 Å². The number of halogens is 3. The minimum Gasteiger partial charge on any atom is -0.318 e. The number of hydrazone groups is 1. The Hall–Kier alpha value is -2.68. The van der Waals surface area contributed by atoms with Crippen molar-refractivity contribution in [2.45, 2.75) is 6.18 Å². The number of rotatable bonds is 3. The van der Waals surface area contributed by atoms with Crippen LogP contribution in [0.1, 0.15) is 10.4 Å². The maximum absolute atomic E-state index is 12.4. The van der Waals surface area contributed by atoms with Crippen molar-refractivity contribution in [3.05, 3.63) is 52.2 Å². The zero-order chi connectivity index (χ0) is 16.9. The molecule has 2 amide bonds. The molecule has 0 saturated heterocycles. The van der Waals surface area contributed by atoms with E-state index in [0.29, 0.717) is 0 Å². The largest absolute Gasteiger partial charge is 0.416 e. The van der Waals surface area contributed by atoms with Crippen molar-refractivity contribution in [1.82, 2.24) is 5.43 Å². The normalized spacial score (nSPS) is 11.4. The van der Waals surface area contributed by atoms with Crippen molar-refractivity contribution >= 4 is 35.1 Å². The van der Waals surface area contributed by atoms with Crippen LogP contribution in [0.15, 0.2) is 46.9 Å². The summed E-state index contributed by atoms with van der Waals surface area (Å²) < 4.78 is 37.2. The molecule has 2 aromatic rings. The van der Waals surface area contributed by atoms with Gasteiger partial charge in [-0.1, -0.05) is 6.07 Å². The lowest BCUT2D eigenvalue weighted by molar-refractivity contribution is -0.137. The maximum atomic E-state index is 12.4. The van der Waals surface area contributed by atoms with Crippen molar-refractivity contribution in [2.75, 3.05) is 5.32 Å². The first-order chi connectivity index (χ1) is 10.9. The molecular formula is C14H10F3N3O2S. The molecule has 0 radical (unpaired) electrons. The highest BCUT2D eigenvalue weighted by Gasteiger charge is 2.30. The Bertz CT molecular complexity index is 710. The number of carbonyl (C=O) groups excluding carboxylic acids is 2. The molecule has 1 heterocycles. The fraction of sp³-hybridized carbons (Fsp3) is 0.0714. The first-order valence-electron chi connectivity index (χ1n) is 6.21. The molecule has 0 saturated carbocycles. The van der Waals surface area contributed by atoms with E-state index in [2.05, 4.69) is 10.4 Å². The van der Waals surface area contributed by atoms with Crippen LogP contribution in [0.5, 0.6) is 0 Å². The molecule has 9 heteroatoms. The lowest BCUT2D eigenvalue weighted by Crippen LogP contribution is -2.32. The number of anilines is 1. The predicted molar refractivity (Wildman–Crippen MR) is 80.1 cm³/mol. The van der Waals surface area contributed by atoms with Crippen LogP contribution in [0.3, 0.4) is 0 Å². The Morgan fingerprint density at radius 3 is 2.35 bits per heavy atom. The van der Waals surface area contributed by atoms with Gasteiger partial charge in [0.05, 0.1) is 11.8 Å². The molecule has 0 aliphatic heterocycles. The summed E-state index contributed by atoms with van der Waals surface area (Å²) in [6.07, 6.45) is -3.09. The van der Waals surface area contributed by atoms with Crippen LogP contribution in [0, 0.1) is 0 Å². The quantitative estimate of drug-likeness (QED) is 0.512. The van der Waals surface area contributed by atoms with E-state index in [1.165, 1.54) is 17.6 Å². The third kappa shape index (κ3) is 4.92. The summed E-state index contributed by atoms with van der Waals surface area (Å²) in [5.74, 6) is -2.06. The van der Waals surface area contributed by atoms with Gasteiger partial charge in [0, 0.05) is 10.6 Å². The lowest BCUT2D eigenvalue weighted by Gasteiger charge is -2.08. The highest BCUT2D eigenvalue weighted by molar-refractivity contribution is 7.11. The van der Waals surface area contributed by atoms with E-state index in [-0.39, 0.29) is 5.69 Å². The maximum Gasteiger partial charge on any atom is 0.416 e. The zero-order valence-corrected chi connectivity index (χ0v) is 12.2. The van der Waals surface area contributed by atoms with Gasteiger partial charge in [-0.15, -0.1) is 11.3 Å². The van der Waals surface area contributed by atoms with Crippen LogP contribution in [-0.2, 0) is 15.8 Å². The van der Waals surface area contributed by atoms with E-state index in [4.69, 9.17) is 0 Å². The first kappa shape index (κ1) is 16.7. The molecule has 0 atom stereocenters. The van der Waals surface area contributed by atoms with Crippen LogP contribution in [0.2, 0.25) is 0 Å². The second-order valence-corrected chi connectivity index (χ2v) is 5.22. The summed E-state index contributed by atoms with van der Waals surface area (Å²) in [5, 5.41) is 7.59. The molecule has 0 fully saturated rings. The fourth-order valence-electron chi connectivity index (χ4n) is 1.50. The van der Waals surface area contributed by atoms with E-state index in [1.54, 1.807) is 12.1 Å². The summed E-state index contributed by atoms with van der Waals surface area (Å²) in [7, 11) is 0. The smallest absolute Gasteiger partial charge is 0.318 e. The number of benzene rings is 1. The van der Waals surface area contributed by atoms with Crippen LogP contribution in [0.4, 0.5) is 18.9 Å². The Labute approximate surface area is 132 Å². The molecule has 0 unspecified atom stereocenters. The second kappa shape index (κ2) is 7.05. The van der Waals surface area contributed by atoms with Crippen LogP contribution in [-0.4, -0.2) is 18.0 Å². The Balaban J connectivity index is 1.89. The van der Waals surface area contributed by atoms with Crippen LogP contribution >= 0.6 is 11.3 Å². The number of alkyl halides is 3. The van der Waals surface area contributed by atoms with Crippen molar-refractivity contribution in [2.24, 2.45) is 5.10 Å². The number of nitrogens with one attached hydrogen (secondary N) is 2. The molecule has 2 rings (SSSR count). The van der Waals surface area contributed by atoms with Gasteiger partial charge in [-0.05, 0) is 35.7 Å². The molecule has 1 aromatic carbocycles. The molecule has 2 N–H and O–H groups in total. The third-order valence-corrected chi connectivity index (χ3v) is 3.38. The number of thiophene rings is 1. The lowest BCUT2D eigenvalue weighted by atomic mass is 10.2. The Morgan fingerprint density at radius 1 is 1.09 bits per heavy atom. The highest BCUT2D eigenvalue weighted by Crippen LogP contribution is 2.29. The first-order valence-corrected chi connectivity index (χ1v) is 7.09. The fourth-order valence-corrected chi connectivity index (χ4v) is 2.09. The SMILES string of the molecule is O=C(N/N=C/c1cccs1)C(=O)Nc1ccc(C(F)(F)F)cc1. The predicted octanol–water partition coefficient (Wildman–Crippen LogP) is 2.86. The van der Waals surface area contributed by atoms with Crippen molar-refractivity contribution < 1.29 is 22.8 Å². The van der Waals surface area contributed by atoms with Crippen LogP contribution < -0.4 is 10.7 Å². The van der Waals surface area contributed by atoms with E-state index < -0.39 is 23.6 Å². The number of hydrogen-bond donors (Lipinski definition) is 2. The molecule has 120 valence electrons. The van der Waals surface area contributed by atoms with Gasteiger partial charge in [-0.25, -0.2) is 5.43 Å². The minimum absolute atomic E-state index is 0.0698. The van der Waals surface area contributed by atoms with Gasteiger partial charge < -0.3 is 5.32 Å². The number of nitrogens with zero attached hydrogens (tertiary/aromatic N) is 1. The molecule has 0 bridgehead atoms. The van der Waals surface area contributed by atoms with Gasteiger partial charge in [0.25, 0.3) is 0 Å². The molecule has 23 heavy (non-hydrogen) atoms. The molecule has 0 aliphatic rings. The van der Waals surface area contributed by atoms with Gasteiger partial charge in [0.2, 0.25) is 0 Å². The average molecular weight is 341 g/mol. The van der Waals surface area contributed by atoms with E-state index in [0.717, 1.165) is 29.1 Å². The summed E-state index contributed by atoms with van der Waals surface area (Å²) in [6.45, 7) is 0. The molecule has 5 nitrogen and oxygen atoms in total. The number of hydrogen-bond acceptors (Lipinski definition) is 4. The third-order valence-electron chi connectivity index (χ3n) is 2.58. The summed E-state index contributed by atoms with van der Waals surface area (Å²) in [6, 6.07) is 7.30. The molecule has 1 aromatic heterocycles. The monoisotopic (exact) mass is 341 g/mol. The van der Waals surface area contributed by atoms with Crippen molar-refractivity contribution in [3.63, 3.8) is 0 Å². The average Bonchev–Trinajstić information content (AvgIpc) is 3.00. The van der Waals surface area contributed by atoms with Gasteiger partial charge in [0.1, 0.15) is 0 Å². The van der Waals surface area contributed by atoms with Gasteiger partial charge in [0.15, 0.2) is 0 Å². The van der Waals surface area contributed by atoms with E-state index in [1.807, 2.05) is 10.8 Å². The number of carbonyl (C=O) groups is 2.